The molecule has 0 unspecified atom stereocenters. The number of aromatic amines is 1. The molecule has 0 spiro atoms. The van der Waals surface area contributed by atoms with Crippen molar-refractivity contribution in [1.82, 2.24) is 39.9 Å². The number of carboxylic acid groups (broad SMARTS) is 1. The van der Waals surface area contributed by atoms with Crippen LogP contribution in [0, 0.1) is 47.3 Å². The van der Waals surface area contributed by atoms with E-state index in [1.807, 2.05) is 65.8 Å². The number of aryl methyl sites for hydroxylation is 2. The van der Waals surface area contributed by atoms with E-state index in [1.165, 1.54) is 84.2 Å². The Hall–Kier alpha value is -7.79. The second-order valence-electron chi connectivity index (χ2n) is 25.3. The number of halogens is 1. The third-order valence-electron chi connectivity index (χ3n) is 14.0. The van der Waals surface area contributed by atoms with Crippen molar-refractivity contribution in [3.05, 3.63) is 83.2 Å². The van der Waals surface area contributed by atoms with Crippen LogP contribution in [-0.4, -0.2) is 104 Å². The van der Waals surface area contributed by atoms with Crippen LogP contribution in [-0.2, 0) is 25.8 Å². The van der Waals surface area contributed by atoms with Gasteiger partial charge < -0.3 is 33.5 Å². The standard InChI is InChI=1S/C30H41N5O5Si.C23H25N5O4.2C8H18.FH2N/c1-20(2)40-29-33-27(34-35(29)19-38-12-13-41(7,8)9)24-11-10-22(15-23(24)16-31)25-17-32-26(14-21(25)3)39-18-30(4,5)28(36)37-6;1-13(2)32-22-26-20(27-28-22)17-7-6-15(9-16(17)10-24)18-11-25-19(8-14(18)3)31-12-23(4,5)21(29)30;2*1-3-5-7-8-6-4-2;1-2/h10-11,14-15,17,20H,12-13,18-19H2,1-9H3;6-9,11,13H,12H2,1-5H3,(H,29,30)(H,26,27,28);2*3-8H2,1-2H3;2H2. The third-order valence-corrected chi connectivity index (χ3v) is 15.7. The summed E-state index contributed by atoms with van der Waals surface area (Å²) in [5.41, 5.74) is 5.35. The highest BCUT2D eigenvalue weighted by Crippen LogP contribution is 2.33. The molecule has 0 aliphatic carbocycles. The third kappa shape index (κ3) is 28.1. The average Bonchev–Trinajstić information content (AvgIpc) is 1.84. The molecule has 6 rings (SSSR count). The summed E-state index contributed by atoms with van der Waals surface area (Å²) in [5, 5.41) is 40.4. The number of nitrogens with two attached hydrogens (primary N) is 1. The Bertz CT molecular complexity index is 3190. The van der Waals surface area contributed by atoms with Gasteiger partial charge in [-0.1, -0.05) is 137 Å². The molecule has 0 amide bonds. The maximum atomic E-state index is 11.9. The van der Waals surface area contributed by atoms with Gasteiger partial charge >= 0.3 is 24.0 Å². The highest BCUT2D eigenvalue weighted by atomic mass is 28.3. The van der Waals surface area contributed by atoms with Crippen LogP contribution in [0.2, 0.25) is 25.7 Å². The smallest absolute Gasteiger partial charge is 0.336 e. The fourth-order valence-electron chi connectivity index (χ4n) is 8.43. The van der Waals surface area contributed by atoms with E-state index in [4.69, 9.17) is 32.9 Å². The Kier molecular flexibility index (Phi) is 35.6. The number of esters is 1. The number of nitrogens with zero attached hydrogens (tertiary/aromatic N) is 9. The molecule has 20 nitrogen and oxygen atoms in total. The van der Waals surface area contributed by atoms with Crippen LogP contribution in [0.5, 0.6) is 23.8 Å². The molecule has 0 saturated heterocycles. The lowest BCUT2D eigenvalue weighted by atomic mass is 9.95. The van der Waals surface area contributed by atoms with E-state index in [0.717, 1.165) is 39.4 Å². The summed E-state index contributed by atoms with van der Waals surface area (Å²) < 4.78 is 44.0. The lowest BCUT2D eigenvalue weighted by molar-refractivity contribution is -0.152. The van der Waals surface area contributed by atoms with Gasteiger partial charge in [-0.3, -0.25) is 14.7 Å². The molecule has 0 radical (unpaired) electrons. The van der Waals surface area contributed by atoms with Crippen molar-refractivity contribution in [2.24, 2.45) is 16.8 Å². The molecule has 500 valence electrons. The quantitative estimate of drug-likeness (QED) is 0.0158. The number of nitrogens with one attached hydrogen (secondary N) is 1. The van der Waals surface area contributed by atoms with E-state index in [1.54, 1.807) is 69.0 Å². The van der Waals surface area contributed by atoms with Crippen LogP contribution in [0.25, 0.3) is 45.0 Å². The van der Waals surface area contributed by atoms with Gasteiger partial charge in [0, 0.05) is 61.5 Å². The lowest BCUT2D eigenvalue weighted by Gasteiger charge is -2.21. The van der Waals surface area contributed by atoms with Crippen molar-refractivity contribution in [1.29, 1.82) is 10.5 Å². The van der Waals surface area contributed by atoms with Crippen molar-refractivity contribution in [3.63, 3.8) is 0 Å². The monoisotopic (exact) mass is 1280 g/mol. The number of carbonyl (C=O) groups is 2. The van der Waals surface area contributed by atoms with E-state index in [-0.39, 0.29) is 44.1 Å². The fourth-order valence-corrected chi connectivity index (χ4v) is 9.19. The van der Waals surface area contributed by atoms with Gasteiger partial charge in [-0.15, -0.1) is 14.7 Å². The van der Waals surface area contributed by atoms with Crippen molar-refractivity contribution in [2.45, 2.75) is 219 Å². The van der Waals surface area contributed by atoms with Gasteiger partial charge in [0.2, 0.25) is 11.8 Å². The summed E-state index contributed by atoms with van der Waals surface area (Å²) >= 11 is 0. The summed E-state index contributed by atoms with van der Waals surface area (Å²) in [6.45, 7) is 35.1. The van der Waals surface area contributed by atoms with E-state index in [2.05, 4.69) is 101 Å². The average molecular weight is 1280 g/mol. The molecule has 91 heavy (non-hydrogen) atoms. The summed E-state index contributed by atoms with van der Waals surface area (Å²) in [6.07, 6.45) is 20.2. The topological polar surface area (TPSA) is 281 Å². The number of H-pyrrole nitrogens is 1. The van der Waals surface area contributed by atoms with Gasteiger partial charge in [0.1, 0.15) is 19.9 Å². The fraction of sp³-hybridized carbons (Fsp3) is 0.565. The SMILES string of the molecule is CCCCCCCC.CCCCCCCC.COC(=O)C(C)(C)COc1cc(C)c(-c2ccc(-c3nc(OC(C)C)n(COCC[Si](C)(C)C)n3)c(C#N)c2)cn1.Cc1cc(OCC(C)(C)C(=O)O)ncc1-c1ccc(-c2nc(OC(C)C)n[nH]2)c(C#N)c1.NF. The molecule has 4 N–H and O–H groups in total. The molecule has 22 heteroatoms. The molecule has 4 aromatic heterocycles. The molecule has 2 aromatic carbocycles. The highest BCUT2D eigenvalue weighted by molar-refractivity contribution is 6.76. The summed E-state index contributed by atoms with van der Waals surface area (Å²) in [6, 6.07) is 20.6. The molecular weight excluding hydrogens is 1170 g/mol. The molecule has 0 bridgehead atoms. The number of unbranched alkanes of at least 4 members (excludes halogenated alkanes) is 10. The minimum atomic E-state index is -1.22. The first-order valence-electron chi connectivity index (χ1n) is 31.8. The van der Waals surface area contributed by atoms with Gasteiger partial charge in [-0.05, 0) is 122 Å². The largest absolute Gasteiger partial charge is 0.481 e. The van der Waals surface area contributed by atoms with E-state index < -0.39 is 24.9 Å². The van der Waals surface area contributed by atoms with Gasteiger partial charge in [-0.2, -0.15) is 31.1 Å². The maximum Gasteiger partial charge on any atom is 0.336 e. The highest BCUT2D eigenvalue weighted by Gasteiger charge is 2.31. The second-order valence-corrected chi connectivity index (χ2v) is 30.9. The van der Waals surface area contributed by atoms with Crippen LogP contribution in [0.1, 0.15) is 182 Å². The Morgan fingerprint density at radius 1 is 0.681 bits per heavy atom. The Balaban J connectivity index is 0.000000496. The minimum Gasteiger partial charge on any atom is -0.481 e. The van der Waals surface area contributed by atoms with Gasteiger partial charge in [0.15, 0.2) is 11.6 Å². The first-order chi connectivity index (χ1) is 43.2. The predicted octanol–water partition coefficient (Wildman–Crippen LogP) is 16.4. The number of ether oxygens (including phenoxy) is 6. The van der Waals surface area contributed by atoms with Gasteiger partial charge in [-0.25, -0.2) is 9.97 Å². The molecular formula is C69H104FN11O9Si. The number of rotatable bonds is 31. The summed E-state index contributed by atoms with van der Waals surface area (Å²) in [4.78, 5) is 40.8. The Morgan fingerprint density at radius 3 is 1.56 bits per heavy atom. The van der Waals surface area contributed by atoms with Crippen LogP contribution in [0.15, 0.2) is 60.9 Å². The number of hydrogen-bond acceptors (Lipinski definition) is 17. The van der Waals surface area contributed by atoms with E-state index in [0.29, 0.717) is 58.3 Å². The van der Waals surface area contributed by atoms with Gasteiger partial charge in [0.05, 0.1) is 53.4 Å². The normalized spacial score (nSPS) is 11.1. The van der Waals surface area contributed by atoms with Crippen molar-refractivity contribution >= 4 is 20.0 Å². The van der Waals surface area contributed by atoms with Crippen molar-refractivity contribution in [3.8, 4) is 80.9 Å². The first-order valence-corrected chi connectivity index (χ1v) is 35.5. The molecule has 0 atom stereocenters. The van der Waals surface area contributed by atoms with Crippen LogP contribution < -0.4 is 24.9 Å². The number of aliphatic carboxylic acids is 1. The zero-order chi connectivity index (χ0) is 68.3. The molecule has 4 heterocycles. The number of hydrogen-bond donors (Lipinski definition) is 3. The second kappa shape index (κ2) is 40.8. The number of aromatic nitrogens is 8. The lowest BCUT2D eigenvalue weighted by Crippen LogP contribution is -2.32. The number of methoxy groups -OCH3 is 1. The predicted molar refractivity (Wildman–Crippen MR) is 360 cm³/mol. The molecule has 0 aliphatic rings. The van der Waals surface area contributed by atoms with Crippen LogP contribution >= 0.6 is 0 Å². The first kappa shape index (κ1) is 79.3. The van der Waals surface area contributed by atoms with E-state index >= 15 is 0 Å². The Morgan fingerprint density at radius 2 is 1.14 bits per heavy atom. The number of nitriles is 2. The number of carboxylic acids is 1. The molecule has 6 aromatic rings. The minimum absolute atomic E-state index is 0.00108. The number of pyridine rings is 2. The zero-order valence-corrected chi connectivity index (χ0v) is 58.6. The van der Waals surface area contributed by atoms with Gasteiger partial charge in [0.25, 0.3) is 0 Å². The Labute approximate surface area is 542 Å². The van der Waals surface area contributed by atoms with Crippen molar-refractivity contribution < 1.29 is 47.6 Å². The van der Waals surface area contributed by atoms with Crippen LogP contribution in [0.4, 0.5) is 4.48 Å². The molecule has 0 aliphatic heterocycles. The molecule has 0 saturated carbocycles. The summed E-state index contributed by atoms with van der Waals surface area (Å²) in [5.74, 6) is 3.29. The van der Waals surface area contributed by atoms with E-state index in [9.17, 15) is 25.2 Å². The maximum absolute atomic E-state index is 11.9. The van der Waals surface area contributed by atoms with Crippen molar-refractivity contribution in [2.75, 3.05) is 26.9 Å². The van der Waals surface area contributed by atoms with Crippen LogP contribution in [0.3, 0.4) is 0 Å². The number of benzene rings is 2. The molecule has 0 fully saturated rings. The number of carbonyl (C=O) groups excluding carboxylic acids is 1. The zero-order valence-electron chi connectivity index (χ0n) is 57.6. The summed E-state index contributed by atoms with van der Waals surface area (Å²) in [7, 11) is 0.135.